The van der Waals surface area contributed by atoms with Gasteiger partial charge < -0.3 is 9.47 Å². The Balaban J connectivity index is 1.85. The molecule has 0 aromatic rings. The second-order valence-corrected chi connectivity index (χ2v) is 5.14. The monoisotopic (exact) mass is 257 g/mol. The van der Waals surface area contributed by atoms with Crippen LogP contribution in [0.15, 0.2) is 0 Å². The molecular weight excluding hydrogens is 234 g/mol. The van der Waals surface area contributed by atoms with Crippen LogP contribution in [0, 0.1) is 5.92 Å². The molecule has 5 nitrogen and oxygen atoms in total. The number of hydrogen-bond acceptors (Lipinski definition) is 5. The number of piperidine rings is 1. The van der Waals surface area contributed by atoms with Crippen LogP contribution in [0.25, 0.3) is 0 Å². The Morgan fingerprint density at radius 3 is 2.94 bits per heavy atom. The highest BCUT2D eigenvalue weighted by Gasteiger charge is 2.48. The fourth-order valence-corrected chi connectivity index (χ4v) is 3.20. The molecule has 0 amide bonds. The smallest absolute Gasteiger partial charge is 0.302 e. The largest absolute Gasteiger partial charge is 0.466 e. The van der Waals surface area contributed by atoms with Gasteiger partial charge in [0.1, 0.15) is 0 Å². The molecule has 18 heavy (non-hydrogen) atoms. The third kappa shape index (κ3) is 2.84. The van der Waals surface area contributed by atoms with Crippen molar-refractivity contribution in [2.45, 2.75) is 51.4 Å². The first kappa shape index (κ1) is 13.8. The highest BCUT2D eigenvalue weighted by atomic mass is 16.7. The summed E-state index contributed by atoms with van der Waals surface area (Å²) in [5, 5.41) is 2.10. The number of hydrogen-bond donors (Lipinski definition) is 0. The minimum absolute atomic E-state index is 0.207. The van der Waals surface area contributed by atoms with E-state index in [0.29, 0.717) is 18.6 Å². The first-order valence-corrected chi connectivity index (χ1v) is 6.73. The van der Waals surface area contributed by atoms with Crippen molar-refractivity contribution in [3.05, 3.63) is 0 Å². The fourth-order valence-electron chi connectivity index (χ4n) is 3.20. The van der Waals surface area contributed by atoms with Gasteiger partial charge in [0.25, 0.3) is 0 Å². The second-order valence-electron chi connectivity index (χ2n) is 5.14. The summed E-state index contributed by atoms with van der Waals surface area (Å²) in [5.74, 6) is 0.224. The third-order valence-electron chi connectivity index (χ3n) is 3.97. The van der Waals surface area contributed by atoms with Gasteiger partial charge in [0, 0.05) is 32.5 Å². The van der Waals surface area contributed by atoms with Crippen LogP contribution in [0.4, 0.5) is 0 Å². The average Bonchev–Trinajstić information content (AvgIpc) is 2.54. The summed E-state index contributed by atoms with van der Waals surface area (Å²) in [6.07, 6.45) is 3.41. The highest BCUT2D eigenvalue weighted by Crippen LogP contribution is 2.39. The number of methoxy groups -OCH3 is 1. The summed E-state index contributed by atoms with van der Waals surface area (Å²) in [7, 11) is 1.78. The van der Waals surface area contributed by atoms with Gasteiger partial charge in [-0.25, -0.2) is 0 Å². The van der Waals surface area contributed by atoms with E-state index in [2.05, 4.69) is 12.0 Å². The summed E-state index contributed by atoms with van der Waals surface area (Å²) in [4.78, 5) is 16.6. The number of carbonyl (C=O) groups is 1. The number of nitrogens with zero attached hydrogens (tertiary/aromatic N) is 1. The van der Waals surface area contributed by atoms with Gasteiger partial charge >= 0.3 is 5.97 Å². The van der Waals surface area contributed by atoms with Crippen molar-refractivity contribution in [1.29, 1.82) is 0 Å². The van der Waals surface area contributed by atoms with Gasteiger partial charge in [0.15, 0.2) is 0 Å². The molecule has 0 saturated carbocycles. The van der Waals surface area contributed by atoms with Gasteiger partial charge in [0.2, 0.25) is 0 Å². The Labute approximate surface area is 108 Å². The minimum Gasteiger partial charge on any atom is -0.466 e. The lowest BCUT2D eigenvalue weighted by Crippen LogP contribution is -2.45. The van der Waals surface area contributed by atoms with E-state index in [0.717, 1.165) is 25.8 Å². The highest BCUT2D eigenvalue weighted by molar-refractivity contribution is 5.65. The Hall–Kier alpha value is -0.650. The van der Waals surface area contributed by atoms with Gasteiger partial charge in [-0.3, -0.25) is 9.63 Å². The van der Waals surface area contributed by atoms with Gasteiger partial charge in [-0.15, -0.1) is 0 Å². The molecule has 2 fully saturated rings. The standard InChI is InChI=1S/C13H23NO4/c1-9-13-11(5-4-8-17-10(2)15)14(18-9)7-6-12(13)16-3/h9,11-13H,4-8H2,1-3H3/t9-,11+,12-,13-/m1/s1. The molecule has 104 valence electrons. The molecule has 5 heteroatoms. The van der Waals surface area contributed by atoms with Crippen molar-refractivity contribution in [2.24, 2.45) is 5.92 Å². The maximum Gasteiger partial charge on any atom is 0.302 e. The molecule has 0 radical (unpaired) electrons. The summed E-state index contributed by atoms with van der Waals surface area (Å²) in [5.41, 5.74) is 0. The SMILES string of the molecule is CO[C@@H]1CCN2O[C@H](C)[C@@H]1[C@@H]2CCCOC(C)=O. The van der Waals surface area contributed by atoms with Crippen molar-refractivity contribution in [3.63, 3.8) is 0 Å². The first-order valence-electron chi connectivity index (χ1n) is 6.73. The minimum atomic E-state index is -0.207. The topological polar surface area (TPSA) is 48.0 Å². The molecule has 2 heterocycles. The van der Waals surface area contributed by atoms with Crippen molar-refractivity contribution >= 4 is 5.97 Å². The first-order chi connectivity index (χ1) is 8.63. The van der Waals surface area contributed by atoms with Crippen molar-refractivity contribution in [2.75, 3.05) is 20.3 Å². The number of esters is 1. The van der Waals surface area contributed by atoms with E-state index in [-0.39, 0.29) is 18.2 Å². The Morgan fingerprint density at radius 1 is 1.50 bits per heavy atom. The van der Waals surface area contributed by atoms with Crippen LogP contribution in [-0.2, 0) is 19.1 Å². The number of ether oxygens (including phenoxy) is 2. The van der Waals surface area contributed by atoms with Crippen LogP contribution in [-0.4, -0.2) is 49.5 Å². The zero-order valence-corrected chi connectivity index (χ0v) is 11.4. The maximum absolute atomic E-state index is 10.7. The molecule has 2 aliphatic rings. The van der Waals surface area contributed by atoms with Crippen molar-refractivity contribution in [1.82, 2.24) is 5.06 Å². The van der Waals surface area contributed by atoms with E-state index in [4.69, 9.17) is 14.3 Å². The summed E-state index contributed by atoms with van der Waals surface area (Å²) in [6, 6.07) is 0.397. The molecule has 0 aliphatic carbocycles. The van der Waals surface area contributed by atoms with E-state index in [1.54, 1.807) is 7.11 Å². The molecule has 2 bridgehead atoms. The third-order valence-corrected chi connectivity index (χ3v) is 3.97. The quantitative estimate of drug-likeness (QED) is 0.550. The molecule has 2 saturated heterocycles. The Kier molecular flexibility index (Phi) is 4.59. The predicted molar refractivity (Wildman–Crippen MR) is 65.8 cm³/mol. The zero-order chi connectivity index (χ0) is 13.1. The van der Waals surface area contributed by atoms with Crippen LogP contribution < -0.4 is 0 Å². The number of fused-ring (bicyclic) bond motifs is 2. The van der Waals surface area contributed by atoms with E-state index in [1.165, 1.54) is 6.92 Å². The molecule has 0 N–H and O–H groups in total. The molecule has 0 spiro atoms. The molecule has 0 aromatic heterocycles. The number of carbonyl (C=O) groups excluding carboxylic acids is 1. The summed E-state index contributed by atoms with van der Waals surface area (Å²) >= 11 is 0. The summed E-state index contributed by atoms with van der Waals surface area (Å²) in [6.45, 7) is 4.98. The Bertz CT molecular complexity index is 297. The lowest BCUT2D eigenvalue weighted by atomic mass is 9.83. The summed E-state index contributed by atoms with van der Waals surface area (Å²) < 4.78 is 10.5. The molecule has 5 atom stereocenters. The lowest BCUT2D eigenvalue weighted by Gasteiger charge is -2.35. The zero-order valence-electron chi connectivity index (χ0n) is 11.4. The van der Waals surface area contributed by atoms with Gasteiger partial charge in [-0.2, -0.15) is 5.06 Å². The van der Waals surface area contributed by atoms with E-state index < -0.39 is 0 Å². The normalized spacial score (nSPS) is 38.7. The second kappa shape index (κ2) is 5.99. The van der Waals surface area contributed by atoms with Crippen molar-refractivity contribution < 1.29 is 19.1 Å². The molecule has 1 unspecified atom stereocenters. The van der Waals surface area contributed by atoms with Crippen LogP contribution in [0.5, 0.6) is 0 Å². The van der Waals surface area contributed by atoms with Crippen LogP contribution >= 0.6 is 0 Å². The van der Waals surface area contributed by atoms with Crippen LogP contribution in [0.2, 0.25) is 0 Å². The van der Waals surface area contributed by atoms with E-state index in [1.807, 2.05) is 0 Å². The van der Waals surface area contributed by atoms with E-state index in [9.17, 15) is 4.79 Å². The van der Waals surface area contributed by atoms with Gasteiger partial charge in [-0.05, 0) is 26.2 Å². The Morgan fingerprint density at radius 2 is 2.28 bits per heavy atom. The van der Waals surface area contributed by atoms with Gasteiger partial charge in [0.05, 0.1) is 18.8 Å². The average molecular weight is 257 g/mol. The molecule has 0 aromatic carbocycles. The molecular formula is C13H23NO4. The van der Waals surface area contributed by atoms with Gasteiger partial charge in [-0.1, -0.05) is 0 Å². The predicted octanol–water partition coefficient (Wildman–Crippen LogP) is 1.37. The molecule has 2 rings (SSSR count). The number of hydroxylamine groups is 2. The lowest BCUT2D eigenvalue weighted by molar-refractivity contribution is -0.161. The molecule has 2 aliphatic heterocycles. The van der Waals surface area contributed by atoms with Crippen LogP contribution in [0.1, 0.15) is 33.1 Å². The number of rotatable bonds is 5. The fraction of sp³-hybridized carbons (Fsp3) is 0.923. The van der Waals surface area contributed by atoms with Crippen LogP contribution in [0.3, 0.4) is 0 Å². The van der Waals surface area contributed by atoms with E-state index >= 15 is 0 Å². The maximum atomic E-state index is 10.7. The van der Waals surface area contributed by atoms with Crippen molar-refractivity contribution in [3.8, 4) is 0 Å².